The van der Waals surface area contributed by atoms with Crippen LogP contribution in [0, 0.1) is 0 Å². The Morgan fingerprint density at radius 3 is 2.95 bits per heavy atom. The first kappa shape index (κ1) is 16.9. The molecule has 0 saturated carbocycles. The lowest BCUT2D eigenvalue weighted by Crippen LogP contribution is -2.53. The Morgan fingerprint density at radius 1 is 1.32 bits per heavy atom. The maximum Gasteiger partial charge on any atom is 0.0967 e. The van der Waals surface area contributed by atoms with Gasteiger partial charge in [0.05, 0.1) is 18.4 Å². The lowest BCUT2D eigenvalue weighted by Gasteiger charge is -2.36. The number of aromatic nitrogens is 4. The van der Waals surface area contributed by atoms with Gasteiger partial charge >= 0.3 is 0 Å². The van der Waals surface area contributed by atoms with E-state index in [9.17, 15) is 0 Å². The molecule has 2 atom stereocenters. The van der Waals surface area contributed by atoms with E-state index in [0.29, 0.717) is 18.6 Å². The highest BCUT2D eigenvalue weighted by molar-refractivity contribution is 5.85. The van der Waals surface area contributed by atoms with E-state index >= 15 is 0 Å². The van der Waals surface area contributed by atoms with Crippen LogP contribution in [0.1, 0.15) is 25.1 Å². The van der Waals surface area contributed by atoms with Crippen LogP contribution in [0.5, 0.6) is 0 Å². The van der Waals surface area contributed by atoms with Gasteiger partial charge in [0.2, 0.25) is 0 Å². The quantitative estimate of drug-likeness (QED) is 0.920. The molecule has 1 aliphatic rings. The highest BCUT2D eigenvalue weighted by atomic mass is 35.5. The van der Waals surface area contributed by atoms with E-state index in [-0.39, 0.29) is 12.4 Å². The van der Waals surface area contributed by atoms with Gasteiger partial charge < -0.3 is 5.32 Å². The Bertz CT molecular complexity index is 572. The molecule has 3 rings (SSSR count). The molecule has 7 heteroatoms. The van der Waals surface area contributed by atoms with E-state index < -0.39 is 0 Å². The summed E-state index contributed by atoms with van der Waals surface area (Å²) >= 11 is 0. The molecule has 6 nitrogen and oxygen atoms in total. The summed E-state index contributed by atoms with van der Waals surface area (Å²) in [7, 11) is 0. The minimum Gasteiger partial charge on any atom is -0.311 e. The third-order valence-electron chi connectivity index (χ3n) is 3.91. The third kappa shape index (κ3) is 4.25. The molecule has 0 amide bonds. The van der Waals surface area contributed by atoms with Gasteiger partial charge in [-0.05, 0) is 25.5 Å². The van der Waals surface area contributed by atoms with Crippen LogP contribution in [0.25, 0.3) is 0 Å². The number of nitrogens with one attached hydrogen (secondary N) is 1. The lowest BCUT2D eigenvalue weighted by molar-refractivity contribution is 0.137. The minimum absolute atomic E-state index is 0. The van der Waals surface area contributed by atoms with Gasteiger partial charge in [-0.2, -0.15) is 0 Å². The fourth-order valence-corrected chi connectivity index (χ4v) is 2.69. The first-order valence-corrected chi connectivity index (χ1v) is 7.46. The maximum atomic E-state index is 4.30. The van der Waals surface area contributed by atoms with E-state index in [0.717, 1.165) is 30.9 Å². The maximum absolute atomic E-state index is 4.30. The highest BCUT2D eigenvalue weighted by Gasteiger charge is 2.23. The predicted molar refractivity (Wildman–Crippen MR) is 87.9 cm³/mol. The smallest absolute Gasteiger partial charge is 0.0967 e. The zero-order valence-electron chi connectivity index (χ0n) is 13.0. The molecule has 0 aliphatic carbocycles. The van der Waals surface area contributed by atoms with Crippen molar-refractivity contribution in [1.82, 2.24) is 30.2 Å². The summed E-state index contributed by atoms with van der Waals surface area (Å²) in [4.78, 5) is 6.58. The van der Waals surface area contributed by atoms with Gasteiger partial charge in [0.1, 0.15) is 0 Å². The molecule has 0 aromatic carbocycles. The van der Waals surface area contributed by atoms with Gasteiger partial charge in [0, 0.05) is 44.1 Å². The molecular weight excluding hydrogens is 300 g/mol. The summed E-state index contributed by atoms with van der Waals surface area (Å²) in [6, 6.07) is 5.06. The molecule has 0 bridgehead atoms. The van der Waals surface area contributed by atoms with E-state index in [1.165, 1.54) is 0 Å². The van der Waals surface area contributed by atoms with Crippen LogP contribution in [0.4, 0.5) is 0 Å². The van der Waals surface area contributed by atoms with Gasteiger partial charge in [-0.3, -0.25) is 9.88 Å². The van der Waals surface area contributed by atoms with Crippen molar-refractivity contribution in [2.45, 2.75) is 39.0 Å². The van der Waals surface area contributed by atoms with Crippen LogP contribution >= 0.6 is 12.4 Å². The minimum atomic E-state index is 0. The molecule has 120 valence electrons. The molecule has 22 heavy (non-hydrogen) atoms. The van der Waals surface area contributed by atoms with Crippen molar-refractivity contribution in [2.24, 2.45) is 0 Å². The predicted octanol–water partition coefficient (Wildman–Crippen LogP) is 1.33. The number of hydrogen-bond acceptors (Lipinski definition) is 5. The van der Waals surface area contributed by atoms with Crippen LogP contribution in [0.15, 0.2) is 30.7 Å². The zero-order valence-corrected chi connectivity index (χ0v) is 13.8. The second kappa shape index (κ2) is 7.67. The van der Waals surface area contributed by atoms with Gasteiger partial charge in [0.25, 0.3) is 0 Å². The molecule has 3 heterocycles. The number of halogens is 1. The molecular formula is C15H23ClN6. The summed E-state index contributed by atoms with van der Waals surface area (Å²) < 4.78 is 1.88. The van der Waals surface area contributed by atoms with Crippen molar-refractivity contribution in [3.8, 4) is 0 Å². The van der Waals surface area contributed by atoms with Gasteiger partial charge in [-0.25, -0.2) is 4.68 Å². The summed E-state index contributed by atoms with van der Waals surface area (Å²) in [5, 5.41) is 12.0. The topological polar surface area (TPSA) is 58.9 Å². The fourth-order valence-electron chi connectivity index (χ4n) is 2.69. The molecule has 1 saturated heterocycles. The summed E-state index contributed by atoms with van der Waals surface area (Å²) in [6.45, 7) is 8.13. The van der Waals surface area contributed by atoms with E-state index in [2.05, 4.69) is 45.4 Å². The molecule has 2 aromatic heterocycles. The second-order valence-corrected chi connectivity index (χ2v) is 5.86. The SMILES string of the molecule is CC1CN(Cc2cn(Cc3cccnc3)nn2)C(C)CN1.Cl. The molecule has 1 aliphatic heterocycles. The molecule has 0 spiro atoms. The highest BCUT2D eigenvalue weighted by Crippen LogP contribution is 2.11. The Hall–Kier alpha value is -1.50. The zero-order chi connectivity index (χ0) is 14.7. The normalized spacial score (nSPS) is 22.3. The van der Waals surface area contributed by atoms with Crippen LogP contribution in [-0.2, 0) is 13.1 Å². The van der Waals surface area contributed by atoms with Crippen LogP contribution in [-0.4, -0.2) is 50.1 Å². The van der Waals surface area contributed by atoms with Crippen molar-refractivity contribution in [1.29, 1.82) is 0 Å². The number of piperazine rings is 1. The average molecular weight is 323 g/mol. The van der Waals surface area contributed by atoms with Crippen LogP contribution < -0.4 is 5.32 Å². The molecule has 1 fully saturated rings. The number of rotatable bonds is 4. The van der Waals surface area contributed by atoms with Crippen LogP contribution in [0.3, 0.4) is 0 Å². The first-order valence-electron chi connectivity index (χ1n) is 7.46. The van der Waals surface area contributed by atoms with Crippen molar-refractivity contribution >= 4 is 12.4 Å². The van der Waals surface area contributed by atoms with Gasteiger partial charge in [-0.15, -0.1) is 17.5 Å². The van der Waals surface area contributed by atoms with Crippen LogP contribution in [0.2, 0.25) is 0 Å². The fraction of sp³-hybridized carbons (Fsp3) is 0.533. The average Bonchev–Trinajstić information content (AvgIpc) is 2.91. The van der Waals surface area contributed by atoms with Crippen molar-refractivity contribution in [2.75, 3.05) is 13.1 Å². The largest absolute Gasteiger partial charge is 0.311 e. The Labute approximate surface area is 137 Å². The molecule has 2 aromatic rings. The Balaban J connectivity index is 0.00000176. The molecule has 1 N–H and O–H groups in total. The van der Waals surface area contributed by atoms with Crippen molar-refractivity contribution in [3.05, 3.63) is 42.0 Å². The summed E-state index contributed by atoms with van der Waals surface area (Å²) in [6.07, 6.45) is 5.68. The van der Waals surface area contributed by atoms with E-state index in [4.69, 9.17) is 0 Å². The standard InChI is InChI=1S/C15H22N6.ClH/c1-12-8-20(13(2)6-17-12)10-15-11-21(19-18-15)9-14-4-3-5-16-7-14;/h3-5,7,11-13,17H,6,8-10H2,1-2H3;1H. The number of pyridine rings is 1. The number of hydrogen-bond donors (Lipinski definition) is 1. The second-order valence-electron chi connectivity index (χ2n) is 5.86. The lowest BCUT2D eigenvalue weighted by atomic mass is 10.1. The van der Waals surface area contributed by atoms with Crippen molar-refractivity contribution in [3.63, 3.8) is 0 Å². The van der Waals surface area contributed by atoms with E-state index in [1.54, 1.807) is 6.20 Å². The monoisotopic (exact) mass is 322 g/mol. The summed E-state index contributed by atoms with van der Waals surface area (Å²) in [5.41, 5.74) is 2.16. The number of nitrogens with zero attached hydrogens (tertiary/aromatic N) is 5. The summed E-state index contributed by atoms with van der Waals surface area (Å²) in [5.74, 6) is 0. The molecule has 0 radical (unpaired) electrons. The molecule has 2 unspecified atom stereocenters. The first-order chi connectivity index (χ1) is 10.2. The van der Waals surface area contributed by atoms with Crippen molar-refractivity contribution < 1.29 is 0 Å². The third-order valence-corrected chi connectivity index (χ3v) is 3.91. The Morgan fingerprint density at radius 2 is 2.18 bits per heavy atom. The Kier molecular flexibility index (Phi) is 5.88. The van der Waals surface area contributed by atoms with E-state index in [1.807, 2.05) is 23.1 Å². The van der Waals surface area contributed by atoms with Gasteiger partial charge in [-0.1, -0.05) is 11.3 Å². The van der Waals surface area contributed by atoms with Gasteiger partial charge in [0.15, 0.2) is 0 Å².